The molecule has 3 heterocycles. The molecule has 28 heavy (non-hydrogen) atoms. The van der Waals surface area contributed by atoms with E-state index in [1.54, 1.807) is 5.51 Å². The van der Waals surface area contributed by atoms with E-state index < -0.39 is 0 Å². The van der Waals surface area contributed by atoms with E-state index in [9.17, 15) is 4.79 Å². The molecule has 0 spiro atoms. The SMILES string of the molecule is Cc1nnc(N2CCCN(C(=O)c3cscn3)CC2)c2ccccc12.O=CO. The first-order chi connectivity index (χ1) is 13.7. The van der Waals surface area contributed by atoms with Crippen LogP contribution in [0.2, 0.25) is 0 Å². The molecule has 1 fully saturated rings. The highest BCUT2D eigenvalue weighted by Gasteiger charge is 2.23. The van der Waals surface area contributed by atoms with Crippen molar-refractivity contribution < 1.29 is 14.7 Å². The second kappa shape index (κ2) is 9.23. The highest BCUT2D eigenvalue weighted by Crippen LogP contribution is 2.26. The van der Waals surface area contributed by atoms with Crippen LogP contribution in [0.3, 0.4) is 0 Å². The van der Waals surface area contributed by atoms with Crippen LogP contribution in [0.25, 0.3) is 10.8 Å². The van der Waals surface area contributed by atoms with Gasteiger partial charge in [-0.2, -0.15) is 5.10 Å². The molecule has 2 aromatic heterocycles. The number of rotatable bonds is 2. The van der Waals surface area contributed by atoms with E-state index in [1.165, 1.54) is 11.3 Å². The predicted octanol–water partition coefficient (Wildman–Crippen LogP) is 2.45. The fraction of sp³-hybridized carbons (Fsp3) is 0.316. The fourth-order valence-corrected chi connectivity index (χ4v) is 3.80. The first-order valence-electron chi connectivity index (χ1n) is 8.88. The van der Waals surface area contributed by atoms with Crippen LogP contribution in [0, 0.1) is 6.92 Å². The van der Waals surface area contributed by atoms with Crippen LogP contribution >= 0.6 is 11.3 Å². The number of aromatic nitrogens is 3. The third-order valence-electron chi connectivity index (χ3n) is 4.59. The number of carboxylic acid groups (broad SMARTS) is 1. The van der Waals surface area contributed by atoms with Crippen molar-refractivity contribution in [2.45, 2.75) is 13.3 Å². The van der Waals surface area contributed by atoms with Gasteiger partial charge in [0, 0.05) is 42.3 Å². The molecule has 1 N–H and O–H groups in total. The van der Waals surface area contributed by atoms with E-state index in [4.69, 9.17) is 9.90 Å². The van der Waals surface area contributed by atoms with Gasteiger partial charge in [-0.15, -0.1) is 16.4 Å². The maximum atomic E-state index is 12.5. The molecule has 146 valence electrons. The summed E-state index contributed by atoms with van der Waals surface area (Å²) in [4.78, 5) is 29.2. The molecule has 1 aliphatic heterocycles. The Balaban J connectivity index is 0.000000706. The first kappa shape index (κ1) is 19.7. The van der Waals surface area contributed by atoms with E-state index >= 15 is 0 Å². The molecule has 0 radical (unpaired) electrons. The van der Waals surface area contributed by atoms with Gasteiger partial charge in [-0.25, -0.2) is 4.98 Å². The lowest BCUT2D eigenvalue weighted by Crippen LogP contribution is -2.35. The van der Waals surface area contributed by atoms with Crippen LogP contribution in [0.15, 0.2) is 35.2 Å². The fourth-order valence-electron chi connectivity index (χ4n) is 3.27. The van der Waals surface area contributed by atoms with Crippen LogP contribution in [0.4, 0.5) is 5.82 Å². The number of carbonyl (C=O) groups excluding carboxylic acids is 1. The molecule has 9 heteroatoms. The summed E-state index contributed by atoms with van der Waals surface area (Å²) in [5.41, 5.74) is 3.18. The maximum Gasteiger partial charge on any atom is 0.290 e. The number of carbonyl (C=O) groups is 2. The monoisotopic (exact) mass is 399 g/mol. The molecule has 1 saturated heterocycles. The lowest BCUT2D eigenvalue weighted by molar-refractivity contribution is -0.122. The third-order valence-corrected chi connectivity index (χ3v) is 5.17. The van der Waals surface area contributed by atoms with Gasteiger partial charge >= 0.3 is 0 Å². The van der Waals surface area contributed by atoms with Crippen LogP contribution in [-0.2, 0) is 4.79 Å². The number of thiazole rings is 1. The number of hydrogen-bond acceptors (Lipinski definition) is 7. The Morgan fingerprint density at radius 2 is 1.89 bits per heavy atom. The zero-order valence-electron chi connectivity index (χ0n) is 15.5. The lowest BCUT2D eigenvalue weighted by Gasteiger charge is -2.23. The minimum atomic E-state index is -0.250. The molecule has 0 bridgehead atoms. The number of benzene rings is 1. The number of aryl methyl sites for hydroxylation is 1. The van der Waals surface area contributed by atoms with E-state index in [1.807, 2.05) is 29.3 Å². The van der Waals surface area contributed by atoms with Gasteiger partial charge in [-0.1, -0.05) is 24.3 Å². The van der Waals surface area contributed by atoms with Crippen LogP contribution < -0.4 is 4.90 Å². The molecule has 1 amide bonds. The molecule has 3 aromatic rings. The van der Waals surface area contributed by atoms with Crippen molar-refractivity contribution in [2.75, 3.05) is 31.1 Å². The molecular formula is C19H21N5O3S. The normalized spacial score (nSPS) is 14.2. The lowest BCUT2D eigenvalue weighted by atomic mass is 10.1. The Kier molecular flexibility index (Phi) is 6.49. The number of hydrogen-bond donors (Lipinski definition) is 1. The van der Waals surface area contributed by atoms with E-state index in [-0.39, 0.29) is 12.4 Å². The van der Waals surface area contributed by atoms with Crippen LogP contribution in [0.5, 0.6) is 0 Å². The summed E-state index contributed by atoms with van der Waals surface area (Å²) in [5, 5.41) is 19.7. The zero-order chi connectivity index (χ0) is 19.9. The second-order valence-electron chi connectivity index (χ2n) is 6.27. The average Bonchev–Trinajstić information content (AvgIpc) is 3.14. The van der Waals surface area contributed by atoms with Gasteiger partial charge in [0.15, 0.2) is 5.82 Å². The van der Waals surface area contributed by atoms with Crippen molar-refractivity contribution in [3.63, 3.8) is 0 Å². The molecule has 0 unspecified atom stereocenters. The molecule has 1 aromatic carbocycles. The van der Waals surface area contributed by atoms with Crippen molar-refractivity contribution in [3.8, 4) is 0 Å². The summed E-state index contributed by atoms with van der Waals surface area (Å²) in [5.74, 6) is 0.923. The Hall–Kier alpha value is -3.07. The Bertz CT molecular complexity index is 948. The van der Waals surface area contributed by atoms with Gasteiger partial charge in [-0.3, -0.25) is 9.59 Å². The molecule has 1 aliphatic rings. The van der Waals surface area contributed by atoms with Crippen LogP contribution in [-0.4, -0.2) is 63.7 Å². The molecule has 0 saturated carbocycles. The molecular weight excluding hydrogens is 378 g/mol. The number of anilines is 1. The molecule has 0 atom stereocenters. The van der Waals surface area contributed by atoms with Crippen molar-refractivity contribution in [1.29, 1.82) is 0 Å². The van der Waals surface area contributed by atoms with Gasteiger partial charge in [0.05, 0.1) is 11.2 Å². The smallest absolute Gasteiger partial charge is 0.290 e. The van der Waals surface area contributed by atoms with E-state index in [2.05, 4.69) is 32.2 Å². The van der Waals surface area contributed by atoms with Crippen molar-refractivity contribution >= 4 is 40.3 Å². The molecule has 4 rings (SSSR count). The topological polar surface area (TPSA) is 99.5 Å². The molecule has 8 nitrogen and oxygen atoms in total. The third kappa shape index (κ3) is 4.25. The summed E-state index contributed by atoms with van der Waals surface area (Å²) in [6, 6.07) is 8.23. The number of fused-ring (bicyclic) bond motifs is 1. The average molecular weight is 399 g/mol. The van der Waals surface area contributed by atoms with Gasteiger partial charge in [0.1, 0.15) is 5.69 Å². The van der Waals surface area contributed by atoms with Gasteiger partial charge in [0.25, 0.3) is 12.4 Å². The van der Waals surface area contributed by atoms with Crippen molar-refractivity contribution in [3.05, 3.63) is 46.5 Å². The van der Waals surface area contributed by atoms with E-state index in [0.29, 0.717) is 12.2 Å². The summed E-state index contributed by atoms with van der Waals surface area (Å²) in [6.07, 6.45) is 0.903. The summed E-state index contributed by atoms with van der Waals surface area (Å²) >= 11 is 1.45. The zero-order valence-corrected chi connectivity index (χ0v) is 16.3. The van der Waals surface area contributed by atoms with Crippen LogP contribution in [0.1, 0.15) is 22.6 Å². The highest BCUT2D eigenvalue weighted by atomic mass is 32.1. The van der Waals surface area contributed by atoms with Crippen molar-refractivity contribution in [1.82, 2.24) is 20.1 Å². The molecule has 0 aliphatic carbocycles. The first-order valence-corrected chi connectivity index (χ1v) is 9.82. The van der Waals surface area contributed by atoms with Gasteiger partial charge in [0.2, 0.25) is 0 Å². The Morgan fingerprint density at radius 3 is 2.61 bits per heavy atom. The quantitative estimate of drug-likeness (QED) is 0.661. The van der Waals surface area contributed by atoms with E-state index in [0.717, 1.165) is 48.3 Å². The summed E-state index contributed by atoms with van der Waals surface area (Å²) in [7, 11) is 0. The summed E-state index contributed by atoms with van der Waals surface area (Å²) in [6.45, 7) is 4.75. The van der Waals surface area contributed by atoms with Crippen molar-refractivity contribution in [2.24, 2.45) is 0 Å². The maximum absolute atomic E-state index is 12.5. The minimum Gasteiger partial charge on any atom is -0.483 e. The van der Waals surface area contributed by atoms with Gasteiger partial charge < -0.3 is 14.9 Å². The Labute approximate surface area is 166 Å². The standard InChI is InChI=1S/C18H19N5OS.CH2O2/c1-13-14-5-2-3-6-15(14)17(21-20-13)22-7-4-8-23(10-9-22)18(24)16-11-25-12-19-16;2-1-3/h2-3,5-6,11-12H,4,7-10H2,1H3;1H,(H,2,3). The highest BCUT2D eigenvalue weighted by molar-refractivity contribution is 7.07. The Morgan fingerprint density at radius 1 is 1.14 bits per heavy atom. The number of amides is 1. The largest absolute Gasteiger partial charge is 0.483 e. The number of nitrogens with zero attached hydrogens (tertiary/aromatic N) is 5. The second-order valence-corrected chi connectivity index (χ2v) is 6.99. The summed E-state index contributed by atoms with van der Waals surface area (Å²) < 4.78 is 0. The predicted molar refractivity (Wildman–Crippen MR) is 108 cm³/mol. The minimum absolute atomic E-state index is 0.0166. The van der Waals surface area contributed by atoms with Gasteiger partial charge in [-0.05, 0) is 13.3 Å².